The number of hydrogen-bond acceptors (Lipinski definition) is 5. The topological polar surface area (TPSA) is 87.6 Å². The predicted octanol–water partition coefficient (Wildman–Crippen LogP) is 4.33. The molecule has 0 bridgehead atoms. The average molecular weight is 433 g/mol. The van der Waals surface area contributed by atoms with Gasteiger partial charge in [0.1, 0.15) is 5.75 Å². The van der Waals surface area contributed by atoms with Crippen LogP contribution in [0, 0.1) is 0 Å². The molecule has 1 aliphatic carbocycles. The van der Waals surface area contributed by atoms with Gasteiger partial charge in [-0.3, -0.25) is 14.9 Å². The van der Waals surface area contributed by atoms with E-state index in [1.165, 1.54) is 10.5 Å². The van der Waals surface area contributed by atoms with Gasteiger partial charge in [-0.1, -0.05) is 30.3 Å². The molecule has 1 aromatic carbocycles. The molecule has 0 saturated heterocycles. The van der Waals surface area contributed by atoms with Crippen LogP contribution in [0.2, 0.25) is 0 Å². The molecule has 2 aromatic heterocycles. The van der Waals surface area contributed by atoms with Gasteiger partial charge >= 0.3 is 6.09 Å². The van der Waals surface area contributed by atoms with E-state index in [1.54, 1.807) is 19.5 Å². The Kier molecular flexibility index (Phi) is 6.97. The molecular weight excluding hydrogens is 404 g/mol. The number of carbonyl (C=O) groups is 1. The third-order valence-corrected chi connectivity index (χ3v) is 5.78. The van der Waals surface area contributed by atoms with Crippen LogP contribution in [0.3, 0.4) is 0 Å². The molecule has 0 radical (unpaired) electrons. The number of pyridine rings is 2. The van der Waals surface area contributed by atoms with Crippen LogP contribution in [-0.4, -0.2) is 33.2 Å². The summed E-state index contributed by atoms with van der Waals surface area (Å²) in [4.78, 5) is 21.9. The van der Waals surface area contributed by atoms with E-state index in [9.17, 15) is 9.90 Å². The SMILES string of the molecule is COc1cnc2c(c1)CCCC2NCc1ccc(CN(Cc2ccccn2)C(=O)O)cc1. The van der Waals surface area contributed by atoms with Crippen molar-refractivity contribution < 1.29 is 14.6 Å². The fourth-order valence-corrected chi connectivity index (χ4v) is 4.06. The van der Waals surface area contributed by atoms with Crippen molar-refractivity contribution >= 4 is 6.09 Å². The number of aryl methyl sites for hydroxylation is 1. The summed E-state index contributed by atoms with van der Waals surface area (Å²) in [5, 5.41) is 13.2. The van der Waals surface area contributed by atoms with E-state index in [2.05, 4.69) is 21.4 Å². The van der Waals surface area contributed by atoms with Gasteiger partial charge < -0.3 is 15.2 Å². The summed E-state index contributed by atoms with van der Waals surface area (Å²) in [7, 11) is 1.67. The third kappa shape index (κ3) is 5.42. The Morgan fingerprint density at radius 1 is 1.16 bits per heavy atom. The molecule has 1 atom stereocenters. The molecule has 0 fully saturated rings. The second-order valence-electron chi connectivity index (χ2n) is 8.02. The highest BCUT2D eigenvalue weighted by atomic mass is 16.5. The zero-order valence-corrected chi connectivity index (χ0v) is 18.2. The number of nitrogens with one attached hydrogen (secondary N) is 1. The molecular formula is C25H28N4O3. The van der Waals surface area contributed by atoms with Crippen LogP contribution < -0.4 is 10.1 Å². The first kappa shape index (κ1) is 21.8. The molecule has 3 aromatic rings. The second-order valence-corrected chi connectivity index (χ2v) is 8.02. The van der Waals surface area contributed by atoms with Crippen LogP contribution in [0.5, 0.6) is 5.75 Å². The van der Waals surface area contributed by atoms with Crippen molar-refractivity contribution in [2.75, 3.05) is 7.11 Å². The number of nitrogens with zero attached hydrogens (tertiary/aromatic N) is 3. The fourth-order valence-electron chi connectivity index (χ4n) is 4.06. The highest BCUT2D eigenvalue weighted by molar-refractivity contribution is 5.65. The Hall–Kier alpha value is -3.45. The fraction of sp³-hybridized carbons (Fsp3) is 0.320. The zero-order chi connectivity index (χ0) is 22.3. The summed E-state index contributed by atoms with van der Waals surface area (Å²) in [5.41, 5.74) is 5.20. The average Bonchev–Trinajstić information content (AvgIpc) is 2.83. The zero-order valence-electron chi connectivity index (χ0n) is 18.2. The quantitative estimate of drug-likeness (QED) is 0.551. The van der Waals surface area contributed by atoms with Gasteiger partial charge in [-0.2, -0.15) is 0 Å². The van der Waals surface area contributed by atoms with Gasteiger partial charge in [-0.25, -0.2) is 4.79 Å². The van der Waals surface area contributed by atoms with Crippen LogP contribution in [0.1, 0.15) is 47.0 Å². The van der Waals surface area contributed by atoms with E-state index in [4.69, 9.17) is 4.74 Å². The Morgan fingerprint density at radius 3 is 2.69 bits per heavy atom. The molecule has 0 aliphatic heterocycles. The number of hydrogen-bond donors (Lipinski definition) is 2. The van der Waals surface area contributed by atoms with E-state index in [0.29, 0.717) is 6.54 Å². The molecule has 0 saturated carbocycles. The van der Waals surface area contributed by atoms with Gasteiger partial charge in [0.2, 0.25) is 0 Å². The van der Waals surface area contributed by atoms with E-state index in [0.717, 1.165) is 54.1 Å². The van der Waals surface area contributed by atoms with Crippen molar-refractivity contribution in [3.63, 3.8) is 0 Å². The highest BCUT2D eigenvalue weighted by Crippen LogP contribution is 2.30. The number of aromatic nitrogens is 2. The maximum absolute atomic E-state index is 11.7. The Bertz CT molecular complexity index is 1040. The third-order valence-electron chi connectivity index (χ3n) is 5.78. The molecule has 7 heteroatoms. The second kappa shape index (κ2) is 10.2. The van der Waals surface area contributed by atoms with Gasteiger partial charge in [-0.05, 0) is 54.2 Å². The molecule has 1 unspecified atom stereocenters. The minimum absolute atomic E-state index is 0.227. The van der Waals surface area contributed by atoms with Crippen molar-refractivity contribution in [1.29, 1.82) is 0 Å². The smallest absolute Gasteiger partial charge is 0.407 e. The summed E-state index contributed by atoms with van der Waals surface area (Å²) < 4.78 is 5.30. The molecule has 1 amide bonds. The number of carboxylic acid groups (broad SMARTS) is 1. The maximum atomic E-state index is 11.7. The molecule has 4 rings (SSSR count). The van der Waals surface area contributed by atoms with Crippen molar-refractivity contribution in [2.45, 2.75) is 44.9 Å². The summed E-state index contributed by atoms with van der Waals surface area (Å²) >= 11 is 0. The van der Waals surface area contributed by atoms with Gasteiger partial charge in [0.25, 0.3) is 0 Å². The lowest BCUT2D eigenvalue weighted by atomic mass is 9.91. The van der Waals surface area contributed by atoms with E-state index in [1.807, 2.05) is 42.5 Å². The van der Waals surface area contributed by atoms with Crippen LogP contribution in [0.4, 0.5) is 4.79 Å². The van der Waals surface area contributed by atoms with E-state index >= 15 is 0 Å². The highest BCUT2D eigenvalue weighted by Gasteiger charge is 2.22. The number of fused-ring (bicyclic) bond motifs is 1. The van der Waals surface area contributed by atoms with Crippen molar-refractivity contribution in [3.05, 3.63) is 89.0 Å². The lowest BCUT2D eigenvalue weighted by molar-refractivity contribution is 0.138. The molecule has 2 heterocycles. The predicted molar refractivity (Wildman–Crippen MR) is 121 cm³/mol. The lowest BCUT2D eigenvalue weighted by Crippen LogP contribution is -2.28. The van der Waals surface area contributed by atoms with Gasteiger partial charge in [0.15, 0.2) is 0 Å². The number of rotatable bonds is 8. The maximum Gasteiger partial charge on any atom is 0.407 e. The summed E-state index contributed by atoms with van der Waals surface area (Å²) in [6.45, 7) is 1.31. The summed E-state index contributed by atoms with van der Waals surface area (Å²) in [6, 6.07) is 15.9. The minimum Gasteiger partial charge on any atom is -0.495 e. The number of amides is 1. The Morgan fingerprint density at radius 2 is 1.97 bits per heavy atom. The van der Waals surface area contributed by atoms with E-state index < -0.39 is 6.09 Å². The molecule has 2 N–H and O–H groups in total. The van der Waals surface area contributed by atoms with Gasteiger partial charge in [0.05, 0.1) is 37.3 Å². The normalized spacial score (nSPS) is 15.1. The van der Waals surface area contributed by atoms with Crippen LogP contribution in [0.25, 0.3) is 0 Å². The van der Waals surface area contributed by atoms with Crippen molar-refractivity contribution in [1.82, 2.24) is 20.2 Å². The van der Waals surface area contributed by atoms with Gasteiger partial charge in [-0.15, -0.1) is 0 Å². The minimum atomic E-state index is -0.957. The summed E-state index contributed by atoms with van der Waals surface area (Å²) in [6.07, 6.45) is 5.72. The Labute approximate surface area is 188 Å². The van der Waals surface area contributed by atoms with Crippen LogP contribution in [-0.2, 0) is 26.1 Å². The standard InChI is InChI=1S/C25H28N4O3/c1-32-22-13-20-5-4-7-23(24(20)28-15-22)27-14-18-8-10-19(11-9-18)16-29(25(30)31)17-21-6-2-3-12-26-21/h2-3,6,8-13,15,23,27H,4-5,7,14,16-17H2,1H3,(H,30,31). The number of benzene rings is 1. The van der Waals surface area contributed by atoms with Crippen LogP contribution >= 0.6 is 0 Å². The first-order valence-electron chi connectivity index (χ1n) is 10.8. The summed E-state index contributed by atoms with van der Waals surface area (Å²) in [5.74, 6) is 0.804. The lowest BCUT2D eigenvalue weighted by Gasteiger charge is -2.26. The monoisotopic (exact) mass is 432 g/mol. The van der Waals surface area contributed by atoms with Crippen molar-refractivity contribution in [3.8, 4) is 5.75 Å². The molecule has 7 nitrogen and oxygen atoms in total. The first-order chi connectivity index (χ1) is 15.6. The molecule has 32 heavy (non-hydrogen) atoms. The molecule has 166 valence electrons. The largest absolute Gasteiger partial charge is 0.495 e. The Balaban J connectivity index is 1.36. The van der Waals surface area contributed by atoms with Crippen LogP contribution in [0.15, 0.2) is 60.9 Å². The molecule has 0 spiro atoms. The van der Waals surface area contributed by atoms with Crippen molar-refractivity contribution in [2.24, 2.45) is 0 Å². The number of ether oxygens (including phenoxy) is 1. The first-order valence-corrected chi connectivity index (χ1v) is 10.8. The molecule has 1 aliphatic rings. The number of methoxy groups -OCH3 is 1. The van der Waals surface area contributed by atoms with Gasteiger partial charge in [0, 0.05) is 19.3 Å². The van der Waals surface area contributed by atoms with E-state index in [-0.39, 0.29) is 12.6 Å².